The summed E-state index contributed by atoms with van der Waals surface area (Å²) in [7, 11) is -1.51. The minimum atomic E-state index is -1.51. The Bertz CT molecular complexity index is 466. The summed E-state index contributed by atoms with van der Waals surface area (Å²) >= 11 is 0. The fraction of sp³-hybridized carbons (Fsp3) is 0.500. The van der Waals surface area contributed by atoms with Gasteiger partial charge in [0.05, 0.1) is 16.5 Å². The van der Waals surface area contributed by atoms with Gasteiger partial charge >= 0.3 is 0 Å². The van der Waals surface area contributed by atoms with Crippen LogP contribution in [0, 0.1) is 11.6 Å². The van der Waals surface area contributed by atoms with Crippen LogP contribution in [-0.2, 0) is 11.0 Å². The van der Waals surface area contributed by atoms with Crippen LogP contribution in [0.3, 0.4) is 0 Å². The zero-order valence-electron chi connectivity index (χ0n) is 11.5. The molecule has 2 nitrogen and oxygen atoms in total. The van der Waals surface area contributed by atoms with Gasteiger partial charge in [-0.25, -0.2) is 13.0 Å². The maximum atomic E-state index is 13.4. The van der Waals surface area contributed by atoms with Crippen LogP contribution in [0.15, 0.2) is 22.6 Å². The van der Waals surface area contributed by atoms with E-state index >= 15 is 0 Å². The molecule has 0 aromatic heterocycles. The molecule has 0 radical (unpaired) electrons. The average Bonchev–Trinajstić information content (AvgIpc) is 2.35. The van der Waals surface area contributed by atoms with Gasteiger partial charge in [0, 0.05) is 0 Å². The molecule has 0 aliphatic heterocycles. The van der Waals surface area contributed by atoms with Crippen LogP contribution in [-0.4, -0.2) is 15.2 Å². The molecular formula is C14H19F2NOS. The van der Waals surface area contributed by atoms with Gasteiger partial charge in [0.25, 0.3) is 0 Å². The van der Waals surface area contributed by atoms with Crippen molar-refractivity contribution in [3.05, 3.63) is 35.4 Å². The third-order valence-electron chi connectivity index (χ3n) is 2.88. The van der Waals surface area contributed by atoms with Gasteiger partial charge in [0.2, 0.25) is 0 Å². The van der Waals surface area contributed by atoms with Crippen LogP contribution in [0.5, 0.6) is 0 Å². The number of hydrogen-bond acceptors (Lipinski definition) is 1. The molecular weight excluding hydrogens is 268 g/mol. The molecule has 0 amide bonds. The predicted molar refractivity (Wildman–Crippen MR) is 75.7 cm³/mol. The van der Waals surface area contributed by atoms with E-state index in [9.17, 15) is 13.0 Å². The Morgan fingerprint density at radius 2 is 1.89 bits per heavy atom. The van der Waals surface area contributed by atoms with Gasteiger partial charge in [-0.2, -0.15) is 4.40 Å². The third kappa shape index (κ3) is 4.49. The molecule has 1 aromatic rings. The maximum Gasteiger partial charge on any atom is 0.145 e. The molecule has 1 aromatic carbocycles. The quantitative estimate of drug-likeness (QED) is 0.727. The van der Waals surface area contributed by atoms with Crippen molar-refractivity contribution < 1.29 is 13.0 Å². The molecule has 1 unspecified atom stereocenters. The van der Waals surface area contributed by atoms with E-state index < -0.39 is 27.4 Å². The first-order valence-corrected chi connectivity index (χ1v) is 7.39. The number of halogens is 2. The van der Waals surface area contributed by atoms with Crippen molar-refractivity contribution >= 4 is 17.2 Å². The highest BCUT2D eigenvalue weighted by Crippen LogP contribution is 2.22. The van der Waals surface area contributed by atoms with Crippen molar-refractivity contribution in [2.24, 2.45) is 4.40 Å². The van der Waals surface area contributed by atoms with Crippen LogP contribution in [0.4, 0.5) is 8.78 Å². The first-order valence-electron chi connectivity index (χ1n) is 6.28. The molecule has 0 bridgehead atoms. The minimum Gasteiger partial charge on any atom is -0.234 e. The molecule has 5 heteroatoms. The Labute approximate surface area is 115 Å². The molecule has 0 saturated heterocycles. The van der Waals surface area contributed by atoms with Crippen LogP contribution in [0.25, 0.3) is 0 Å². The summed E-state index contributed by atoms with van der Waals surface area (Å²) in [6.07, 6.45) is 3.73. The summed E-state index contributed by atoms with van der Waals surface area (Å²) in [5, 5.41) is 0. The fourth-order valence-electron chi connectivity index (χ4n) is 1.57. The van der Waals surface area contributed by atoms with E-state index in [1.807, 2.05) is 13.8 Å². The molecule has 19 heavy (non-hydrogen) atoms. The van der Waals surface area contributed by atoms with E-state index in [-0.39, 0.29) is 5.56 Å². The van der Waals surface area contributed by atoms with Gasteiger partial charge in [-0.1, -0.05) is 25.8 Å². The summed E-state index contributed by atoms with van der Waals surface area (Å²) in [6, 6.07) is 3.58. The van der Waals surface area contributed by atoms with Crippen molar-refractivity contribution in [3.8, 4) is 0 Å². The van der Waals surface area contributed by atoms with Crippen molar-refractivity contribution in [2.45, 2.75) is 44.8 Å². The summed E-state index contributed by atoms with van der Waals surface area (Å²) in [6.45, 7) is 5.73. The number of hydrogen-bond donors (Lipinski definition) is 0. The highest BCUT2D eigenvalue weighted by atomic mass is 32.2. The monoisotopic (exact) mass is 287 g/mol. The zero-order chi connectivity index (χ0) is 14.5. The molecule has 0 aliphatic carbocycles. The van der Waals surface area contributed by atoms with Gasteiger partial charge in [-0.15, -0.1) is 0 Å². The van der Waals surface area contributed by atoms with Gasteiger partial charge in [-0.3, -0.25) is 0 Å². The molecule has 0 N–H and O–H groups in total. The van der Waals surface area contributed by atoms with E-state index in [2.05, 4.69) is 11.3 Å². The second kappa shape index (κ2) is 6.89. The summed E-state index contributed by atoms with van der Waals surface area (Å²) in [4.78, 5) is 0. The topological polar surface area (TPSA) is 29.4 Å². The lowest BCUT2D eigenvalue weighted by Gasteiger charge is -2.20. The predicted octanol–water partition coefficient (Wildman–Crippen LogP) is 4.02. The lowest BCUT2D eigenvalue weighted by Crippen LogP contribution is -2.25. The lowest BCUT2D eigenvalue weighted by molar-refractivity contribution is 0.563. The van der Waals surface area contributed by atoms with Crippen LogP contribution in [0.2, 0.25) is 0 Å². The van der Waals surface area contributed by atoms with E-state index in [0.29, 0.717) is 0 Å². The van der Waals surface area contributed by atoms with Crippen molar-refractivity contribution in [2.75, 3.05) is 0 Å². The smallest absolute Gasteiger partial charge is 0.145 e. The van der Waals surface area contributed by atoms with E-state index in [1.165, 1.54) is 6.07 Å². The average molecular weight is 287 g/mol. The lowest BCUT2D eigenvalue weighted by atomic mass is 10.1. The van der Waals surface area contributed by atoms with Gasteiger partial charge < -0.3 is 0 Å². The minimum absolute atomic E-state index is 0.248. The van der Waals surface area contributed by atoms with Crippen LogP contribution < -0.4 is 0 Å². The second-order valence-electron chi connectivity index (χ2n) is 4.98. The Balaban J connectivity index is 2.84. The Hall–Kier alpha value is -1.10. The number of nitrogens with zero attached hydrogens (tertiary/aromatic N) is 1. The van der Waals surface area contributed by atoms with Gasteiger partial charge in [0.15, 0.2) is 0 Å². The summed E-state index contributed by atoms with van der Waals surface area (Å²) < 4.78 is 42.1. The second-order valence-corrected chi connectivity index (χ2v) is 6.80. The number of unbranched alkanes of at least 4 members (excludes halogenated alkanes) is 1. The van der Waals surface area contributed by atoms with E-state index in [4.69, 9.17) is 0 Å². The van der Waals surface area contributed by atoms with E-state index in [0.717, 1.165) is 37.6 Å². The highest BCUT2D eigenvalue weighted by molar-refractivity contribution is 7.85. The molecule has 0 saturated carbocycles. The number of rotatable bonds is 6. The van der Waals surface area contributed by atoms with E-state index in [1.54, 1.807) is 0 Å². The van der Waals surface area contributed by atoms with Crippen LogP contribution >= 0.6 is 0 Å². The summed E-state index contributed by atoms with van der Waals surface area (Å²) in [5.74, 6) is -1.40. The number of benzene rings is 1. The Kier molecular flexibility index (Phi) is 5.79. The molecule has 0 spiro atoms. The molecule has 0 heterocycles. The normalized spacial score (nSPS) is 13.9. The largest absolute Gasteiger partial charge is 0.234 e. The van der Waals surface area contributed by atoms with Crippen molar-refractivity contribution in [3.63, 3.8) is 0 Å². The van der Waals surface area contributed by atoms with Gasteiger partial charge in [0.1, 0.15) is 22.6 Å². The summed E-state index contributed by atoms with van der Waals surface area (Å²) in [5.41, 5.74) is -0.248. The standard InChI is InChI=1S/C14H19F2NOS/c1-4-5-9-14(2,3)19(18)17-10-11-12(15)7-6-8-13(11)16/h6-8,10H,4-5,9H2,1-3H3. The molecule has 1 atom stereocenters. The zero-order valence-corrected chi connectivity index (χ0v) is 12.3. The molecule has 0 fully saturated rings. The maximum absolute atomic E-state index is 13.4. The van der Waals surface area contributed by atoms with Gasteiger partial charge in [-0.05, 0) is 32.4 Å². The Morgan fingerprint density at radius 1 is 1.32 bits per heavy atom. The van der Waals surface area contributed by atoms with Crippen LogP contribution in [0.1, 0.15) is 45.6 Å². The van der Waals surface area contributed by atoms with Crippen molar-refractivity contribution in [1.29, 1.82) is 0 Å². The fourth-order valence-corrected chi connectivity index (χ4v) is 2.37. The first-order chi connectivity index (χ1) is 8.88. The first kappa shape index (κ1) is 16.0. The van der Waals surface area contributed by atoms with Crippen molar-refractivity contribution in [1.82, 2.24) is 0 Å². The molecule has 1 rings (SSSR count). The molecule has 0 aliphatic rings. The highest BCUT2D eigenvalue weighted by Gasteiger charge is 2.24. The SMILES string of the molecule is CCCCC(C)(C)S(=O)N=Cc1c(F)cccc1F. The Morgan fingerprint density at radius 3 is 2.42 bits per heavy atom. The third-order valence-corrected chi connectivity index (χ3v) is 4.33. The molecule has 106 valence electrons.